The Morgan fingerprint density at radius 3 is 2.69 bits per heavy atom. The van der Waals surface area contributed by atoms with Crippen molar-refractivity contribution in [1.82, 2.24) is 10.3 Å². The third-order valence-electron chi connectivity index (χ3n) is 3.74. The number of anilines is 1. The molecule has 1 aliphatic rings. The van der Waals surface area contributed by atoms with Gasteiger partial charge < -0.3 is 14.8 Å². The van der Waals surface area contributed by atoms with Crippen molar-refractivity contribution in [2.45, 2.75) is 0 Å². The van der Waals surface area contributed by atoms with Crippen molar-refractivity contribution < 1.29 is 22.7 Å². The lowest BCUT2D eigenvalue weighted by atomic mass is 10.2. The van der Waals surface area contributed by atoms with Crippen LogP contribution in [0.15, 0.2) is 42.7 Å². The van der Waals surface area contributed by atoms with Crippen molar-refractivity contribution in [3.8, 4) is 11.5 Å². The van der Waals surface area contributed by atoms with Gasteiger partial charge in [0, 0.05) is 25.0 Å². The van der Waals surface area contributed by atoms with Crippen LogP contribution in [0.3, 0.4) is 0 Å². The Balaban J connectivity index is 1.70. The van der Waals surface area contributed by atoms with Crippen LogP contribution < -0.4 is 19.1 Å². The van der Waals surface area contributed by atoms with E-state index in [0.29, 0.717) is 36.0 Å². The van der Waals surface area contributed by atoms with Gasteiger partial charge in [0.05, 0.1) is 24.1 Å². The van der Waals surface area contributed by atoms with Crippen LogP contribution in [0.1, 0.15) is 10.4 Å². The third kappa shape index (κ3) is 4.23. The molecule has 0 bridgehead atoms. The van der Waals surface area contributed by atoms with Crippen LogP contribution in [0.5, 0.6) is 11.5 Å². The monoisotopic (exact) mass is 377 g/mol. The van der Waals surface area contributed by atoms with Gasteiger partial charge in [0.15, 0.2) is 11.5 Å². The zero-order valence-electron chi connectivity index (χ0n) is 14.2. The second kappa shape index (κ2) is 7.61. The van der Waals surface area contributed by atoms with Crippen molar-refractivity contribution in [3.05, 3.63) is 48.3 Å². The normalized spacial score (nSPS) is 13.1. The lowest BCUT2D eigenvalue weighted by Gasteiger charge is -2.25. The van der Waals surface area contributed by atoms with Crippen molar-refractivity contribution in [2.75, 3.05) is 36.9 Å². The minimum Gasteiger partial charge on any atom is -0.486 e. The summed E-state index contributed by atoms with van der Waals surface area (Å²) in [6.45, 7) is 1.11. The molecule has 1 aromatic heterocycles. The summed E-state index contributed by atoms with van der Waals surface area (Å²) in [6.07, 6.45) is 4.14. The molecule has 2 heterocycles. The average Bonchev–Trinajstić information content (AvgIpc) is 2.64. The third-order valence-corrected chi connectivity index (χ3v) is 4.93. The molecule has 0 saturated heterocycles. The van der Waals surface area contributed by atoms with Crippen molar-refractivity contribution in [2.24, 2.45) is 0 Å². The average molecular weight is 377 g/mol. The highest BCUT2D eigenvalue weighted by Crippen LogP contribution is 2.34. The van der Waals surface area contributed by atoms with Gasteiger partial charge in [0.25, 0.3) is 5.91 Å². The van der Waals surface area contributed by atoms with E-state index in [9.17, 15) is 13.2 Å². The molecule has 0 spiro atoms. The molecular formula is C17H19N3O5S. The van der Waals surface area contributed by atoms with E-state index >= 15 is 0 Å². The number of benzene rings is 1. The number of carbonyl (C=O) groups is 1. The van der Waals surface area contributed by atoms with Gasteiger partial charge in [-0.05, 0) is 24.3 Å². The standard InChI is InChI=1S/C17H19N3O5S/c1-26(22,23)20(8-7-19-17(21)13-3-2-6-18-12-13)14-4-5-15-16(11-14)25-10-9-24-15/h2-6,11-12H,7-10H2,1H3,(H,19,21). The molecule has 0 radical (unpaired) electrons. The Hall–Kier alpha value is -2.81. The number of nitrogens with one attached hydrogen (secondary N) is 1. The maximum atomic E-state index is 12.2. The summed E-state index contributed by atoms with van der Waals surface area (Å²) < 4.78 is 36.5. The van der Waals surface area contributed by atoms with Crippen molar-refractivity contribution in [3.63, 3.8) is 0 Å². The van der Waals surface area contributed by atoms with Crippen LogP contribution in [0.2, 0.25) is 0 Å². The number of carbonyl (C=O) groups excluding carboxylic acids is 1. The highest BCUT2D eigenvalue weighted by atomic mass is 32.2. The molecule has 1 amide bonds. The zero-order chi connectivity index (χ0) is 18.6. The molecule has 0 unspecified atom stereocenters. The summed E-state index contributed by atoms with van der Waals surface area (Å²) in [7, 11) is -3.53. The summed E-state index contributed by atoms with van der Waals surface area (Å²) in [5, 5.41) is 2.69. The number of fused-ring (bicyclic) bond motifs is 1. The SMILES string of the molecule is CS(=O)(=O)N(CCNC(=O)c1cccnc1)c1ccc2c(c1)OCCO2. The molecule has 3 rings (SSSR count). The summed E-state index contributed by atoms with van der Waals surface area (Å²) in [4.78, 5) is 15.9. The van der Waals surface area contributed by atoms with Crippen LogP contribution in [0.25, 0.3) is 0 Å². The van der Waals surface area contributed by atoms with E-state index in [1.54, 1.807) is 36.5 Å². The topological polar surface area (TPSA) is 97.8 Å². The van der Waals surface area contributed by atoms with E-state index < -0.39 is 10.0 Å². The molecular weight excluding hydrogens is 358 g/mol. The van der Waals surface area contributed by atoms with Gasteiger partial charge >= 0.3 is 0 Å². The van der Waals surface area contributed by atoms with Crippen LogP contribution in [-0.4, -0.2) is 51.9 Å². The first-order valence-electron chi connectivity index (χ1n) is 8.01. The van der Waals surface area contributed by atoms with E-state index in [2.05, 4.69) is 10.3 Å². The molecule has 0 atom stereocenters. The number of amides is 1. The quantitative estimate of drug-likeness (QED) is 0.808. The summed E-state index contributed by atoms with van der Waals surface area (Å²) in [6, 6.07) is 8.25. The number of rotatable bonds is 6. The number of hydrogen-bond acceptors (Lipinski definition) is 6. The number of sulfonamides is 1. The van der Waals surface area contributed by atoms with Crippen molar-refractivity contribution >= 4 is 21.6 Å². The van der Waals surface area contributed by atoms with Gasteiger partial charge in [-0.2, -0.15) is 0 Å². The van der Waals surface area contributed by atoms with Crippen molar-refractivity contribution in [1.29, 1.82) is 0 Å². The first kappa shape index (κ1) is 18.0. The van der Waals surface area contributed by atoms with E-state index in [-0.39, 0.29) is 19.0 Å². The van der Waals surface area contributed by atoms with E-state index in [1.807, 2.05) is 0 Å². The molecule has 9 heteroatoms. The fourth-order valence-corrected chi connectivity index (χ4v) is 3.46. The summed E-state index contributed by atoms with van der Waals surface area (Å²) in [5.41, 5.74) is 0.866. The lowest BCUT2D eigenvalue weighted by Crippen LogP contribution is -2.38. The summed E-state index contributed by atoms with van der Waals surface area (Å²) >= 11 is 0. The first-order chi connectivity index (χ1) is 12.4. The molecule has 8 nitrogen and oxygen atoms in total. The molecule has 138 valence electrons. The molecule has 0 saturated carbocycles. The number of nitrogens with zero attached hydrogens (tertiary/aromatic N) is 2. The second-order valence-corrected chi connectivity index (χ2v) is 7.57. The Labute approximate surface area is 151 Å². The molecule has 0 aliphatic carbocycles. The van der Waals surface area contributed by atoms with E-state index in [1.165, 1.54) is 10.5 Å². The van der Waals surface area contributed by atoms with E-state index in [0.717, 1.165) is 6.26 Å². The Morgan fingerprint density at radius 2 is 2.00 bits per heavy atom. The number of aromatic nitrogens is 1. The summed E-state index contributed by atoms with van der Waals surface area (Å²) in [5.74, 6) is 0.772. The maximum absolute atomic E-state index is 12.2. The zero-order valence-corrected chi connectivity index (χ0v) is 15.0. The highest BCUT2D eigenvalue weighted by molar-refractivity contribution is 7.92. The first-order valence-corrected chi connectivity index (χ1v) is 9.85. The molecule has 0 fully saturated rings. The smallest absolute Gasteiger partial charge is 0.252 e. The van der Waals surface area contributed by atoms with Gasteiger partial charge in [-0.25, -0.2) is 8.42 Å². The van der Waals surface area contributed by atoms with Crippen LogP contribution in [0.4, 0.5) is 5.69 Å². The van der Waals surface area contributed by atoms with Gasteiger partial charge in [-0.3, -0.25) is 14.1 Å². The van der Waals surface area contributed by atoms with Gasteiger partial charge in [0.1, 0.15) is 13.2 Å². The number of hydrogen-bond donors (Lipinski definition) is 1. The molecule has 26 heavy (non-hydrogen) atoms. The van der Waals surface area contributed by atoms with Crippen LogP contribution >= 0.6 is 0 Å². The Kier molecular flexibility index (Phi) is 5.27. The van der Waals surface area contributed by atoms with Gasteiger partial charge in [-0.1, -0.05) is 0 Å². The number of pyridine rings is 1. The minimum atomic E-state index is -3.53. The molecule has 1 aliphatic heterocycles. The van der Waals surface area contributed by atoms with Gasteiger partial charge in [0.2, 0.25) is 10.0 Å². The Bertz CT molecular complexity index is 887. The Morgan fingerprint density at radius 1 is 1.23 bits per heavy atom. The van der Waals surface area contributed by atoms with E-state index in [4.69, 9.17) is 9.47 Å². The maximum Gasteiger partial charge on any atom is 0.252 e. The van der Waals surface area contributed by atoms with Crippen LogP contribution in [-0.2, 0) is 10.0 Å². The van der Waals surface area contributed by atoms with Gasteiger partial charge in [-0.15, -0.1) is 0 Å². The molecule has 2 aromatic rings. The minimum absolute atomic E-state index is 0.0878. The molecule has 1 aromatic carbocycles. The van der Waals surface area contributed by atoms with Crippen LogP contribution in [0, 0.1) is 0 Å². The fraction of sp³-hybridized carbons (Fsp3) is 0.294. The predicted molar refractivity (Wildman–Crippen MR) is 96.2 cm³/mol. The second-order valence-electron chi connectivity index (χ2n) is 5.66. The highest BCUT2D eigenvalue weighted by Gasteiger charge is 2.21. The predicted octanol–water partition coefficient (Wildman–Crippen LogP) is 1.05. The fourth-order valence-electron chi connectivity index (χ4n) is 2.54. The number of ether oxygens (including phenoxy) is 2. The lowest BCUT2D eigenvalue weighted by molar-refractivity contribution is 0.0954. The largest absolute Gasteiger partial charge is 0.486 e. The molecule has 1 N–H and O–H groups in total.